The minimum atomic E-state index is -0.0861. The molecule has 2 aliphatic rings. The van der Waals surface area contributed by atoms with E-state index in [-0.39, 0.29) is 5.91 Å². The van der Waals surface area contributed by atoms with Crippen molar-refractivity contribution >= 4 is 28.2 Å². The first-order valence-corrected chi connectivity index (χ1v) is 13.3. The van der Waals surface area contributed by atoms with Crippen LogP contribution in [0, 0.1) is 0 Å². The lowest BCUT2D eigenvalue weighted by atomic mass is 9.99. The van der Waals surface area contributed by atoms with Gasteiger partial charge in [0.25, 0.3) is 5.91 Å². The molecule has 3 aromatic carbocycles. The molecular formula is C31H34N4O2. The second-order valence-electron chi connectivity index (χ2n) is 10.2. The summed E-state index contributed by atoms with van der Waals surface area (Å²) in [6.07, 6.45) is 4.53. The van der Waals surface area contributed by atoms with Crippen molar-refractivity contribution in [1.29, 1.82) is 0 Å². The van der Waals surface area contributed by atoms with Crippen LogP contribution in [0.3, 0.4) is 0 Å². The van der Waals surface area contributed by atoms with E-state index < -0.39 is 0 Å². The first-order valence-electron chi connectivity index (χ1n) is 13.3. The molecule has 1 fully saturated rings. The van der Waals surface area contributed by atoms with Gasteiger partial charge in [-0.1, -0.05) is 42.5 Å². The summed E-state index contributed by atoms with van der Waals surface area (Å²) in [5, 5.41) is 7.69. The molecule has 0 spiro atoms. The topological polar surface area (TPSA) is 58.5 Å². The summed E-state index contributed by atoms with van der Waals surface area (Å²) in [5.41, 5.74) is 6.24. The maximum Gasteiger partial charge on any atom is 0.272 e. The molecule has 6 rings (SSSR count). The Kier molecular flexibility index (Phi) is 6.58. The van der Waals surface area contributed by atoms with Gasteiger partial charge in [0.15, 0.2) is 0 Å². The molecule has 0 aliphatic carbocycles. The molecule has 0 unspecified atom stereocenters. The van der Waals surface area contributed by atoms with Crippen molar-refractivity contribution in [2.45, 2.75) is 38.3 Å². The number of nitrogens with one attached hydrogen (secondary N) is 2. The van der Waals surface area contributed by atoms with Crippen molar-refractivity contribution in [2.24, 2.45) is 7.05 Å². The van der Waals surface area contributed by atoms with Crippen molar-refractivity contribution in [3.63, 3.8) is 0 Å². The highest BCUT2D eigenvalue weighted by molar-refractivity contribution is 6.08. The third kappa shape index (κ3) is 4.94. The number of aromatic nitrogens is 1. The number of amides is 1. The van der Waals surface area contributed by atoms with Gasteiger partial charge in [0.1, 0.15) is 17.5 Å². The standard InChI is InChI=1S/C31H34N4O2/c1-34-28-10-3-2-6-24(28)20-29(34)31(36)33-27-9-4-7-23-8-5-19-35(30(23)27)21-22-11-13-25(14-12-22)37-26-15-17-32-18-16-26/h2-4,6-7,9-14,20,26,32H,5,8,15-19,21H2,1H3,(H,33,36). The number of carbonyl (C=O) groups is 1. The van der Waals surface area contributed by atoms with Crippen LogP contribution >= 0.6 is 0 Å². The van der Waals surface area contributed by atoms with Gasteiger partial charge in [0.05, 0.1) is 11.4 Å². The molecule has 37 heavy (non-hydrogen) atoms. The van der Waals surface area contributed by atoms with E-state index in [4.69, 9.17) is 4.74 Å². The lowest BCUT2D eigenvalue weighted by Gasteiger charge is -2.33. The normalized spacial score (nSPS) is 16.0. The van der Waals surface area contributed by atoms with Crippen LogP contribution in [0.2, 0.25) is 0 Å². The van der Waals surface area contributed by atoms with Gasteiger partial charge in [-0.2, -0.15) is 0 Å². The number of benzene rings is 3. The van der Waals surface area contributed by atoms with Gasteiger partial charge in [-0.15, -0.1) is 0 Å². The molecule has 0 radical (unpaired) electrons. The smallest absolute Gasteiger partial charge is 0.272 e. The highest BCUT2D eigenvalue weighted by atomic mass is 16.5. The molecule has 190 valence electrons. The van der Waals surface area contributed by atoms with Crippen molar-refractivity contribution < 1.29 is 9.53 Å². The number of rotatable bonds is 6. The van der Waals surface area contributed by atoms with E-state index in [1.54, 1.807) is 0 Å². The Morgan fingerprint density at radius 2 is 1.84 bits per heavy atom. The van der Waals surface area contributed by atoms with Crippen LogP contribution in [0.1, 0.15) is 40.9 Å². The molecule has 6 nitrogen and oxygen atoms in total. The van der Waals surface area contributed by atoms with E-state index in [9.17, 15) is 4.79 Å². The van der Waals surface area contributed by atoms with Crippen LogP contribution in [0.4, 0.5) is 11.4 Å². The van der Waals surface area contributed by atoms with E-state index in [2.05, 4.69) is 45.9 Å². The van der Waals surface area contributed by atoms with Crippen molar-refractivity contribution in [3.05, 3.63) is 89.6 Å². The minimum absolute atomic E-state index is 0.0861. The zero-order chi connectivity index (χ0) is 25.2. The monoisotopic (exact) mass is 494 g/mol. The van der Waals surface area contributed by atoms with Crippen molar-refractivity contribution in [2.75, 3.05) is 29.9 Å². The molecule has 1 amide bonds. The maximum absolute atomic E-state index is 13.4. The molecular weight excluding hydrogens is 460 g/mol. The predicted molar refractivity (Wildman–Crippen MR) is 150 cm³/mol. The Morgan fingerprint density at radius 3 is 2.65 bits per heavy atom. The summed E-state index contributed by atoms with van der Waals surface area (Å²) in [5.74, 6) is 0.856. The van der Waals surface area contributed by atoms with E-state index in [1.807, 2.05) is 54.1 Å². The third-order valence-corrected chi connectivity index (χ3v) is 7.63. The molecule has 0 atom stereocenters. The maximum atomic E-state index is 13.4. The van der Waals surface area contributed by atoms with E-state index in [0.717, 1.165) is 79.9 Å². The van der Waals surface area contributed by atoms with Gasteiger partial charge in [0, 0.05) is 31.0 Å². The molecule has 0 bridgehead atoms. The van der Waals surface area contributed by atoms with Gasteiger partial charge in [-0.25, -0.2) is 0 Å². The zero-order valence-corrected chi connectivity index (χ0v) is 21.4. The third-order valence-electron chi connectivity index (χ3n) is 7.63. The Bertz CT molecular complexity index is 1400. The summed E-state index contributed by atoms with van der Waals surface area (Å²) in [7, 11) is 1.95. The fraction of sp³-hybridized carbons (Fsp3) is 0.323. The fourth-order valence-corrected chi connectivity index (χ4v) is 5.69. The highest BCUT2D eigenvalue weighted by Crippen LogP contribution is 2.36. The van der Waals surface area contributed by atoms with Crippen molar-refractivity contribution in [1.82, 2.24) is 9.88 Å². The van der Waals surface area contributed by atoms with Crippen LogP contribution in [0.25, 0.3) is 10.9 Å². The molecule has 4 aromatic rings. The van der Waals surface area contributed by atoms with Crippen LogP contribution in [0.15, 0.2) is 72.8 Å². The Balaban J connectivity index is 1.21. The van der Waals surface area contributed by atoms with E-state index in [0.29, 0.717) is 11.8 Å². The van der Waals surface area contributed by atoms with Gasteiger partial charge in [-0.3, -0.25) is 4.79 Å². The highest BCUT2D eigenvalue weighted by Gasteiger charge is 2.23. The minimum Gasteiger partial charge on any atom is -0.490 e. The lowest BCUT2D eigenvalue weighted by molar-refractivity contribution is 0.101. The Morgan fingerprint density at radius 1 is 1.03 bits per heavy atom. The van der Waals surface area contributed by atoms with Crippen LogP contribution in [0.5, 0.6) is 5.75 Å². The number of hydrogen-bond donors (Lipinski definition) is 2. The van der Waals surface area contributed by atoms with Gasteiger partial charge >= 0.3 is 0 Å². The molecule has 6 heteroatoms. The van der Waals surface area contributed by atoms with E-state index >= 15 is 0 Å². The quantitative estimate of drug-likeness (QED) is 0.371. The van der Waals surface area contributed by atoms with Crippen LogP contribution in [-0.4, -0.2) is 36.2 Å². The van der Waals surface area contributed by atoms with E-state index in [1.165, 1.54) is 11.1 Å². The van der Waals surface area contributed by atoms with Crippen LogP contribution < -0.4 is 20.3 Å². The van der Waals surface area contributed by atoms with Crippen LogP contribution in [-0.2, 0) is 20.0 Å². The number of fused-ring (bicyclic) bond motifs is 2. The molecule has 1 saturated heterocycles. The molecule has 1 aromatic heterocycles. The second-order valence-corrected chi connectivity index (χ2v) is 10.2. The average molecular weight is 495 g/mol. The summed E-state index contributed by atoms with van der Waals surface area (Å²) >= 11 is 0. The Labute approximate surface area is 218 Å². The number of carbonyl (C=O) groups excluding carboxylic acids is 1. The number of nitrogens with zero attached hydrogens (tertiary/aromatic N) is 2. The van der Waals surface area contributed by atoms with Gasteiger partial charge < -0.3 is 24.8 Å². The molecule has 2 N–H and O–H groups in total. The number of anilines is 2. The SMILES string of the molecule is Cn1c(C(=O)Nc2cccc3c2N(Cc2ccc(OC4CCNCC4)cc2)CCC3)cc2ccccc21. The number of aryl methyl sites for hydroxylation is 2. The summed E-state index contributed by atoms with van der Waals surface area (Å²) in [6, 6.07) is 24.8. The first-order chi connectivity index (χ1) is 18.2. The fourth-order valence-electron chi connectivity index (χ4n) is 5.69. The van der Waals surface area contributed by atoms with Gasteiger partial charge in [-0.05, 0) is 80.2 Å². The average Bonchev–Trinajstić information content (AvgIpc) is 3.27. The molecule has 2 aliphatic heterocycles. The van der Waals surface area contributed by atoms with Crippen molar-refractivity contribution in [3.8, 4) is 5.75 Å². The number of para-hydroxylation sites is 2. The summed E-state index contributed by atoms with van der Waals surface area (Å²) in [6.45, 7) is 3.80. The zero-order valence-electron chi connectivity index (χ0n) is 21.4. The number of ether oxygens (including phenoxy) is 1. The molecule has 0 saturated carbocycles. The first kappa shape index (κ1) is 23.6. The Hall–Kier alpha value is -3.77. The number of piperidine rings is 1. The summed E-state index contributed by atoms with van der Waals surface area (Å²) < 4.78 is 8.15. The summed E-state index contributed by atoms with van der Waals surface area (Å²) in [4.78, 5) is 15.8. The second kappa shape index (κ2) is 10.3. The number of hydrogen-bond acceptors (Lipinski definition) is 4. The molecule has 3 heterocycles. The van der Waals surface area contributed by atoms with Gasteiger partial charge in [0.2, 0.25) is 0 Å². The largest absolute Gasteiger partial charge is 0.490 e. The predicted octanol–water partition coefficient (Wildman–Crippen LogP) is 5.51. The lowest BCUT2D eigenvalue weighted by Crippen LogP contribution is -2.34.